The first kappa shape index (κ1) is 15.5. The average Bonchev–Trinajstić information content (AvgIpc) is 2.85. The van der Waals surface area contributed by atoms with Gasteiger partial charge in [0.15, 0.2) is 0 Å². The third-order valence-corrected chi connectivity index (χ3v) is 4.49. The zero-order valence-electron chi connectivity index (χ0n) is 13.1. The standard InChI is InChI=1S/C16H16N4O2S/c1-9-5-4-6-12(7-9)20-11(3)14-10(2)17-18-16(15(14)19-20)23-8-13(21)22/h4-7H,8H2,1-3H3,(H,21,22). The van der Waals surface area contributed by atoms with Gasteiger partial charge in [-0.25, -0.2) is 4.68 Å². The number of carboxylic acids is 1. The summed E-state index contributed by atoms with van der Waals surface area (Å²) in [5.74, 6) is -0.955. The van der Waals surface area contributed by atoms with Gasteiger partial charge in [-0.1, -0.05) is 23.9 Å². The summed E-state index contributed by atoms with van der Waals surface area (Å²) < 4.78 is 1.86. The van der Waals surface area contributed by atoms with Gasteiger partial charge in [0.25, 0.3) is 0 Å². The Morgan fingerprint density at radius 3 is 2.74 bits per heavy atom. The van der Waals surface area contributed by atoms with Crippen molar-refractivity contribution in [3.05, 3.63) is 41.2 Å². The molecule has 0 saturated heterocycles. The molecule has 3 rings (SSSR count). The molecule has 2 heterocycles. The molecule has 0 aliphatic heterocycles. The number of thioether (sulfide) groups is 1. The van der Waals surface area contributed by atoms with Crippen LogP contribution in [0.15, 0.2) is 29.3 Å². The summed E-state index contributed by atoms with van der Waals surface area (Å²) in [5, 5.41) is 23.3. The Balaban J connectivity index is 2.18. The minimum atomic E-state index is -0.889. The van der Waals surface area contributed by atoms with Crippen molar-refractivity contribution >= 4 is 28.6 Å². The quantitative estimate of drug-likeness (QED) is 0.742. The van der Waals surface area contributed by atoms with E-state index in [-0.39, 0.29) is 5.75 Å². The molecule has 7 heteroatoms. The van der Waals surface area contributed by atoms with Crippen molar-refractivity contribution in [2.24, 2.45) is 0 Å². The average molecular weight is 328 g/mol. The number of hydrogen-bond donors (Lipinski definition) is 1. The van der Waals surface area contributed by atoms with Crippen molar-refractivity contribution in [2.45, 2.75) is 25.8 Å². The third-order valence-electron chi connectivity index (χ3n) is 3.55. The van der Waals surface area contributed by atoms with Gasteiger partial charge in [0.2, 0.25) is 0 Å². The highest BCUT2D eigenvalue weighted by molar-refractivity contribution is 8.00. The topological polar surface area (TPSA) is 80.9 Å². The van der Waals surface area contributed by atoms with Crippen LogP contribution in [0.1, 0.15) is 17.0 Å². The van der Waals surface area contributed by atoms with E-state index in [2.05, 4.69) is 21.4 Å². The van der Waals surface area contributed by atoms with Crippen LogP contribution < -0.4 is 0 Å². The summed E-state index contributed by atoms with van der Waals surface area (Å²) in [6, 6.07) is 8.07. The second kappa shape index (κ2) is 6.00. The number of carbonyl (C=O) groups is 1. The molecule has 23 heavy (non-hydrogen) atoms. The maximum absolute atomic E-state index is 10.8. The third kappa shape index (κ3) is 2.92. The number of carboxylic acid groups (broad SMARTS) is 1. The van der Waals surface area contributed by atoms with Crippen LogP contribution in [0.2, 0.25) is 0 Å². The van der Waals surface area contributed by atoms with E-state index in [1.54, 1.807) is 0 Å². The molecule has 0 aliphatic carbocycles. The van der Waals surface area contributed by atoms with Crippen LogP contribution >= 0.6 is 11.8 Å². The van der Waals surface area contributed by atoms with Gasteiger partial charge in [-0.05, 0) is 38.5 Å². The Kier molecular flexibility index (Phi) is 4.04. The summed E-state index contributed by atoms with van der Waals surface area (Å²) in [6.07, 6.45) is 0. The Morgan fingerprint density at radius 2 is 2.04 bits per heavy atom. The molecule has 1 N–H and O–H groups in total. The number of nitrogens with zero attached hydrogens (tertiary/aromatic N) is 4. The minimum absolute atomic E-state index is 0.0663. The Hall–Kier alpha value is -2.41. The SMILES string of the molecule is Cc1cccc(-n2nc3c(SCC(=O)O)nnc(C)c3c2C)c1. The lowest BCUT2D eigenvalue weighted by Crippen LogP contribution is -2.00. The predicted octanol–water partition coefficient (Wildman–Crippen LogP) is 2.92. The van der Waals surface area contributed by atoms with Crippen molar-refractivity contribution in [2.75, 3.05) is 5.75 Å². The normalized spacial score (nSPS) is 11.1. The van der Waals surface area contributed by atoms with Crippen LogP contribution in [0.5, 0.6) is 0 Å². The van der Waals surface area contributed by atoms with Crippen LogP contribution in [0.3, 0.4) is 0 Å². The molecular weight excluding hydrogens is 312 g/mol. The van der Waals surface area contributed by atoms with E-state index in [0.717, 1.165) is 39.8 Å². The Morgan fingerprint density at radius 1 is 1.26 bits per heavy atom. The van der Waals surface area contributed by atoms with E-state index < -0.39 is 5.97 Å². The first-order valence-corrected chi connectivity index (χ1v) is 8.10. The van der Waals surface area contributed by atoms with Gasteiger partial charge >= 0.3 is 5.97 Å². The number of hydrogen-bond acceptors (Lipinski definition) is 5. The van der Waals surface area contributed by atoms with Gasteiger partial charge in [0, 0.05) is 5.39 Å². The number of rotatable bonds is 4. The van der Waals surface area contributed by atoms with Gasteiger partial charge in [-0.15, -0.1) is 5.10 Å². The molecule has 1 aromatic carbocycles. The fourth-order valence-electron chi connectivity index (χ4n) is 2.54. The molecule has 0 unspecified atom stereocenters. The number of benzene rings is 1. The summed E-state index contributed by atoms with van der Waals surface area (Å²) in [5.41, 5.74) is 4.57. The van der Waals surface area contributed by atoms with Crippen LogP contribution in [0, 0.1) is 20.8 Å². The molecule has 0 radical (unpaired) electrons. The Labute approximate surface area is 137 Å². The van der Waals surface area contributed by atoms with Gasteiger partial charge in [0.05, 0.1) is 22.8 Å². The van der Waals surface area contributed by atoms with Crippen molar-refractivity contribution in [1.82, 2.24) is 20.0 Å². The number of aromatic nitrogens is 4. The molecule has 0 atom stereocenters. The second-order valence-corrected chi connectivity index (χ2v) is 6.30. The fraction of sp³-hybridized carbons (Fsp3) is 0.250. The molecular formula is C16H16N4O2S. The van der Waals surface area contributed by atoms with Gasteiger partial charge in [-0.3, -0.25) is 4.79 Å². The highest BCUT2D eigenvalue weighted by Gasteiger charge is 2.17. The van der Waals surface area contributed by atoms with Crippen molar-refractivity contribution in [3.8, 4) is 5.69 Å². The maximum atomic E-state index is 10.8. The molecule has 3 aromatic rings. The first-order valence-electron chi connectivity index (χ1n) is 7.11. The first-order chi connectivity index (χ1) is 11.0. The molecule has 0 aliphatic rings. The minimum Gasteiger partial charge on any atom is -0.481 e. The van der Waals surface area contributed by atoms with E-state index in [0.29, 0.717) is 10.5 Å². The lowest BCUT2D eigenvalue weighted by atomic mass is 10.2. The summed E-state index contributed by atoms with van der Waals surface area (Å²) in [6.45, 7) is 5.90. The van der Waals surface area contributed by atoms with Crippen molar-refractivity contribution in [3.63, 3.8) is 0 Å². The van der Waals surface area contributed by atoms with E-state index in [9.17, 15) is 4.79 Å². The van der Waals surface area contributed by atoms with E-state index in [1.165, 1.54) is 0 Å². The molecule has 6 nitrogen and oxygen atoms in total. The summed E-state index contributed by atoms with van der Waals surface area (Å²) >= 11 is 1.14. The van der Waals surface area contributed by atoms with E-state index in [1.807, 2.05) is 43.7 Å². The largest absolute Gasteiger partial charge is 0.481 e. The van der Waals surface area contributed by atoms with Gasteiger partial charge < -0.3 is 5.11 Å². The highest BCUT2D eigenvalue weighted by Crippen LogP contribution is 2.29. The molecule has 0 amide bonds. The molecule has 2 aromatic heterocycles. The molecule has 0 bridgehead atoms. The van der Waals surface area contributed by atoms with Crippen molar-refractivity contribution < 1.29 is 9.90 Å². The Bertz CT molecular complexity index is 904. The predicted molar refractivity (Wildman–Crippen MR) is 89.2 cm³/mol. The lowest BCUT2D eigenvalue weighted by Gasteiger charge is -2.04. The summed E-state index contributed by atoms with van der Waals surface area (Å²) in [4.78, 5) is 10.8. The van der Waals surface area contributed by atoms with Crippen LogP contribution in [0.25, 0.3) is 16.6 Å². The molecule has 0 spiro atoms. The monoisotopic (exact) mass is 328 g/mol. The van der Waals surface area contributed by atoms with Gasteiger partial charge in [0.1, 0.15) is 10.5 Å². The van der Waals surface area contributed by atoms with E-state index >= 15 is 0 Å². The second-order valence-electron chi connectivity index (χ2n) is 5.33. The number of aliphatic carboxylic acids is 1. The zero-order chi connectivity index (χ0) is 16.6. The van der Waals surface area contributed by atoms with Crippen LogP contribution in [-0.2, 0) is 4.79 Å². The number of fused-ring (bicyclic) bond motifs is 1. The van der Waals surface area contributed by atoms with Gasteiger partial charge in [-0.2, -0.15) is 10.2 Å². The fourth-order valence-corrected chi connectivity index (χ4v) is 3.18. The van der Waals surface area contributed by atoms with E-state index in [4.69, 9.17) is 5.11 Å². The smallest absolute Gasteiger partial charge is 0.313 e. The number of aryl methyl sites for hydroxylation is 3. The van der Waals surface area contributed by atoms with Crippen LogP contribution in [0.4, 0.5) is 0 Å². The van der Waals surface area contributed by atoms with Crippen molar-refractivity contribution in [1.29, 1.82) is 0 Å². The highest BCUT2D eigenvalue weighted by atomic mass is 32.2. The lowest BCUT2D eigenvalue weighted by molar-refractivity contribution is -0.133. The molecule has 0 saturated carbocycles. The maximum Gasteiger partial charge on any atom is 0.313 e. The zero-order valence-corrected chi connectivity index (χ0v) is 13.9. The summed E-state index contributed by atoms with van der Waals surface area (Å²) in [7, 11) is 0. The van der Waals surface area contributed by atoms with Crippen LogP contribution in [-0.4, -0.2) is 36.8 Å². The molecule has 118 valence electrons. The molecule has 0 fully saturated rings.